The fourth-order valence-corrected chi connectivity index (χ4v) is 4.32. The highest BCUT2D eigenvalue weighted by molar-refractivity contribution is 5.32. The van der Waals surface area contributed by atoms with E-state index in [-0.39, 0.29) is 0 Å². The van der Waals surface area contributed by atoms with Gasteiger partial charge in [0.15, 0.2) is 0 Å². The predicted octanol–water partition coefficient (Wildman–Crippen LogP) is 7.38. The molecule has 0 heterocycles. The quantitative estimate of drug-likeness (QED) is 0.428. The van der Waals surface area contributed by atoms with Gasteiger partial charge in [-0.1, -0.05) is 63.3 Å². The first-order valence-corrected chi connectivity index (χ1v) is 11.0. The molecule has 0 unspecified atom stereocenters. The van der Waals surface area contributed by atoms with Crippen molar-refractivity contribution in [2.75, 3.05) is 0 Å². The van der Waals surface area contributed by atoms with Crippen LogP contribution < -0.4 is 4.74 Å². The zero-order valence-electron chi connectivity index (χ0n) is 17.2. The summed E-state index contributed by atoms with van der Waals surface area (Å²) in [5, 5.41) is 8.86. The first kappa shape index (κ1) is 20.5. The Morgan fingerprint density at radius 2 is 1.61 bits per heavy atom. The summed E-state index contributed by atoms with van der Waals surface area (Å²) < 4.78 is 5.91. The molecule has 1 fully saturated rings. The van der Waals surface area contributed by atoms with E-state index in [9.17, 15) is 0 Å². The van der Waals surface area contributed by atoms with Gasteiger partial charge in [0, 0.05) is 0 Å². The number of rotatable bonds is 9. The summed E-state index contributed by atoms with van der Waals surface area (Å²) in [6.45, 7) is 2.82. The van der Waals surface area contributed by atoms with E-state index >= 15 is 0 Å². The Morgan fingerprint density at radius 1 is 0.893 bits per heavy atom. The minimum atomic E-state index is 0.536. The molecule has 28 heavy (non-hydrogen) atoms. The highest BCUT2D eigenvalue weighted by Crippen LogP contribution is 2.38. The topological polar surface area (TPSA) is 33.0 Å². The van der Waals surface area contributed by atoms with Crippen LogP contribution in [0.2, 0.25) is 0 Å². The lowest BCUT2D eigenvalue weighted by atomic mass is 9.77. The summed E-state index contributed by atoms with van der Waals surface area (Å²) in [6, 6.07) is 18.4. The highest BCUT2D eigenvalue weighted by Gasteiger charge is 2.22. The normalized spacial score (nSPS) is 19.1. The summed E-state index contributed by atoms with van der Waals surface area (Å²) in [4.78, 5) is 0. The second kappa shape index (κ2) is 10.9. The first-order chi connectivity index (χ1) is 13.8. The zero-order chi connectivity index (χ0) is 19.6. The van der Waals surface area contributed by atoms with Gasteiger partial charge in [0.25, 0.3) is 0 Å². The lowest BCUT2D eigenvalue weighted by Crippen LogP contribution is -2.13. The molecule has 1 aliphatic carbocycles. The molecular formula is C26H33NO. The van der Waals surface area contributed by atoms with Gasteiger partial charge in [0.2, 0.25) is 0 Å². The molecule has 0 amide bonds. The standard InChI is InChI=1S/C26H33NO/c1-2-3-4-5-6-21-11-13-24(14-12-21)25-15-17-26(18-16-25)28-20-23-9-7-22(19-27)8-10-23/h7-10,15-18,21,24H,2-6,11-14,20H2,1H3/t21-,24-. The summed E-state index contributed by atoms with van der Waals surface area (Å²) in [5.41, 5.74) is 3.24. The average molecular weight is 376 g/mol. The lowest BCUT2D eigenvalue weighted by molar-refractivity contribution is 0.299. The van der Waals surface area contributed by atoms with E-state index in [1.54, 1.807) is 0 Å². The van der Waals surface area contributed by atoms with Crippen molar-refractivity contribution in [3.63, 3.8) is 0 Å². The molecule has 0 radical (unpaired) electrons. The molecule has 0 aliphatic heterocycles. The summed E-state index contributed by atoms with van der Waals surface area (Å²) in [7, 11) is 0. The monoisotopic (exact) mass is 375 g/mol. The molecule has 0 bridgehead atoms. The molecule has 0 atom stereocenters. The van der Waals surface area contributed by atoms with Gasteiger partial charge in [-0.15, -0.1) is 0 Å². The Kier molecular flexibility index (Phi) is 7.97. The van der Waals surface area contributed by atoms with Gasteiger partial charge >= 0.3 is 0 Å². The molecule has 1 aliphatic rings. The van der Waals surface area contributed by atoms with Crippen molar-refractivity contribution < 1.29 is 4.74 Å². The number of nitriles is 1. The first-order valence-electron chi connectivity index (χ1n) is 11.0. The van der Waals surface area contributed by atoms with E-state index < -0.39 is 0 Å². The number of hydrogen-bond acceptors (Lipinski definition) is 2. The van der Waals surface area contributed by atoms with Crippen LogP contribution in [0.25, 0.3) is 0 Å². The van der Waals surface area contributed by atoms with Crippen molar-refractivity contribution in [2.24, 2.45) is 5.92 Å². The molecule has 2 heteroatoms. The van der Waals surface area contributed by atoms with Gasteiger partial charge in [-0.2, -0.15) is 5.26 Å². The van der Waals surface area contributed by atoms with Crippen molar-refractivity contribution >= 4 is 0 Å². The van der Waals surface area contributed by atoms with Crippen molar-refractivity contribution in [2.45, 2.75) is 77.2 Å². The third kappa shape index (κ3) is 6.13. The molecule has 3 rings (SSSR count). The van der Waals surface area contributed by atoms with Gasteiger partial charge in [0.1, 0.15) is 12.4 Å². The fraction of sp³-hybridized carbons (Fsp3) is 0.500. The van der Waals surface area contributed by atoms with Crippen LogP contribution in [-0.4, -0.2) is 0 Å². The number of nitrogens with zero attached hydrogens (tertiary/aromatic N) is 1. The minimum absolute atomic E-state index is 0.536. The zero-order valence-corrected chi connectivity index (χ0v) is 17.2. The molecule has 2 nitrogen and oxygen atoms in total. The molecule has 0 N–H and O–H groups in total. The van der Waals surface area contributed by atoms with E-state index in [0.29, 0.717) is 12.2 Å². The second-order valence-electron chi connectivity index (χ2n) is 8.23. The fourth-order valence-electron chi connectivity index (χ4n) is 4.32. The average Bonchev–Trinajstić information content (AvgIpc) is 2.76. The van der Waals surface area contributed by atoms with Gasteiger partial charge in [0.05, 0.1) is 11.6 Å². The summed E-state index contributed by atoms with van der Waals surface area (Å²) >= 11 is 0. The summed E-state index contributed by atoms with van der Waals surface area (Å²) in [5.74, 6) is 2.60. The van der Waals surface area contributed by atoms with Gasteiger partial charge in [-0.05, 0) is 72.9 Å². The Hall–Kier alpha value is -2.27. The Balaban J connectivity index is 1.42. The van der Waals surface area contributed by atoms with Gasteiger partial charge in [-0.3, -0.25) is 0 Å². The molecular weight excluding hydrogens is 342 g/mol. The van der Waals surface area contributed by atoms with Gasteiger partial charge in [-0.25, -0.2) is 0 Å². The molecule has 0 spiro atoms. The van der Waals surface area contributed by atoms with E-state index in [1.807, 2.05) is 24.3 Å². The molecule has 148 valence electrons. The molecule has 0 saturated heterocycles. The van der Waals surface area contributed by atoms with Crippen LogP contribution in [-0.2, 0) is 6.61 Å². The van der Waals surface area contributed by atoms with Gasteiger partial charge < -0.3 is 4.74 Å². The van der Waals surface area contributed by atoms with Crippen molar-refractivity contribution in [1.29, 1.82) is 5.26 Å². The van der Waals surface area contributed by atoms with Crippen LogP contribution in [0.5, 0.6) is 5.75 Å². The van der Waals surface area contributed by atoms with E-state index in [0.717, 1.165) is 23.1 Å². The lowest BCUT2D eigenvalue weighted by Gasteiger charge is -2.29. The van der Waals surface area contributed by atoms with Crippen molar-refractivity contribution in [3.05, 3.63) is 65.2 Å². The maximum atomic E-state index is 8.86. The highest BCUT2D eigenvalue weighted by atomic mass is 16.5. The number of ether oxygens (including phenoxy) is 1. The van der Waals surface area contributed by atoms with Crippen molar-refractivity contribution in [1.82, 2.24) is 0 Å². The van der Waals surface area contributed by atoms with E-state index in [2.05, 4.69) is 37.3 Å². The van der Waals surface area contributed by atoms with Crippen LogP contribution in [0.15, 0.2) is 48.5 Å². The predicted molar refractivity (Wildman–Crippen MR) is 115 cm³/mol. The molecule has 0 aromatic heterocycles. The van der Waals surface area contributed by atoms with Crippen LogP contribution in [0.3, 0.4) is 0 Å². The Morgan fingerprint density at radius 3 is 2.25 bits per heavy atom. The second-order valence-corrected chi connectivity index (χ2v) is 8.23. The molecule has 2 aromatic rings. The number of hydrogen-bond donors (Lipinski definition) is 0. The third-order valence-corrected chi connectivity index (χ3v) is 6.15. The number of unbranched alkanes of at least 4 members (excludes halogenated alkanes) is 3. The SMILES string of the molecule is CCCCCC[C@H]1CC[C@H](c2ccc(OCc3ccc(C#N)cc3)cc2)CC1. The largest absolute Gasteiger partial charge is 0.489 e. The number of benzene rings is 2. The van der Waals surface area contributed by atoms with Crippen LogP contribution in [0.1, 0.15) is 87.3 Å². The van der Waals surface area contributed by atoms with Crippen LogP contribution >= 0.6 is 0 Å². The molecule has 1 saturated carbocycles. The van der Waals surface area contributed by atoms with Crippen molar-refractivity contribution in [3.8, 4) is 11.8 Å². The minimum Gasteiger partial charge on any atom is -0.489 e. The van der Waals surface area contributed by atoms with E-state index in [1.165, 1.54) is 63.4 Å². The van der Waals surface area contributed by atoms with E-state index in [4.69, 9.17) is 10.00 Å². The smallest absolute Gasteiger partial charge is 0.119 e. The molecule has 2 aromatic carbocycles. The maximum absolute atomic E-state index is 8.86. The van der Waals surface area contributed by atoms with Crippen LogP contribution in [0.4, 0.5) is 0 Å². The summed E-state index contributed by atoms with van der Waals surface area (Å²) in [6.07, 6.45) is 12.5. The Bertz CT molecular complexity index is 733. The van der Waals surface area contributed by atoms with Crippen LogP contribution in [0, 0.1) is 17.2 Å². The Labute approximate surface area is 170 Å². The third-order valence-electron chi connectivity index (χ3n) is 6.15. The maximum Gasteiger partial charge on any atom is 0.119 e.